The van der Waals surface area contributed by atoms with Crippen molar-refractivity contribution in [2.45, 2.75) is 19.3 Å². The summed E-state index contributed by atoms with van der Waals surface area (Å²) in [5, 5.41) is 16.0. The van der Waals surface area contributed by atoms with Gasteiger partial charge in [-0.3, -0.25) is 9.59 Å². The normalized spacial score (nSPS) is 22.1. The first kappa shape index (κ1) is 13.8. The standard InChI is InChI=1S/C14H17NO3S/c16-13(15-7-5-10-6-8-19-9-10)11-3-1-2-4-12(11)14(17)18/h1-2,6,8-9,11-12H,3-5,7H2,(H,15,16)(H,17,18)/t11-,12+/m1/s1. The Hall–Kier alpha value is -1.62. The average Bonchev–Trinajstić information content (AvgIpc) is 2.91. The summed E-state index contributed by atoms with van der Waals surface area (Å²) in [4.78, 5) is 23.2. The van der Waals surface area contributed by atoms with Gasteiger partial charge in [-0.2, -0.15) is 11.3 Å². The first-order valence-corrected chi connectivity index (χ1v) is 7.29. The summed E-state index contributed by atoms with van der Waals surface area (Å²) in [6.45, 7) is 0.558. The fourth-order valence-corrected chi connectivity index (χ4v) is 2.98. The van der Waals surface area contributed by atoms with Crippen molar-refractivity contribution in [3.8, 4) is 0 Å². The van der Waals surface area contributed by atoms with Crippen molar-refractivity contribution in [2.24, 2.45) is 11.8 Å². The zero-order valence-electron chi connectivity index (χ0n) is 10.5. The van der Waals surface area contributed by atoms with Gasteiger partial charge in [0.2, 0.25) is 5.91 Å². The summed E-state index contributed by atoms with van der Waals surface area (Å²) < 4.78 is 0. The lowest BCUT2D eigenvalue weighted by molar-refractivity contribution is -0.147. The van der Waals surface area contributed by atoms with Crippen LogP contribution in [0, 0.1) is 11.8 Å². The molecule has 0 saturated carbocycles. The van der Waals surface area contributed by atoms with Crippen LogP contribution in [-0.4, -0.2) is 23.5 Å². The van der Waals surface area contributed by atoms with Crippen LogP contribution in [0.25, 0.3) is 0 Å². The van der Waals surface area contributed by atoms with E-state index < -0.39 is 17.8 Å². The molecule has 2 N–H and O–H groups in total. The van der Waals surface area contributed by atoms with E-state index in [4.69, 9.17) is 5.11 Å². The lowest BCUT2D eigenvalue weighted by Gasteiger charge is -2.24. The van der Waals surface area contributed by atoms with Gasteiger partial charge < -0.3 is 10.4 Å². The Morgan fingerprint density at radius 2 is 2.05 bits per heavy atom. The lowest BCUT2D eigenvalue weighted by atomic mass is 9.82. The van der Waals surface area contributed by atoms with Crippen LogP contribution in [0.2, 0.25) is 0 Å². The van der Waals surface area contributed by atoms with Crippen LogP contribution in [0.3, 0.4) is 0 Å². The van der Waals surface area contributed by atoms with Crippen molar-refractivity contribution in [1.29, 1.82) is 0 Å². The molecule has 0 unspecified atom stereocenters. The molecule has 2 atom stereocenters. The highest BCUT2D eigenvalue weighted by Gasteiger charge is 2.33. The molecule has 2 rings (SSSR count). The Kier molecular flexibility index (Phi) is 4.74. The molecule has 0 fully saturated rings. The predicted octanol–water partition coefficient (Wildman–Crippen LogP) is 2.07. The Morgan fingerprint density at radius 1 is 1.32 bits per heavy atom. The molecule has 1 aliphatic carbocycles. The molecule has 1 aliphatic rings. The highest BCUT2D eigenvalue weighted by atomic mass is 32.1. The minimum Gasteiger partial charge on any atom is -0.481 e. The molecule has 19 heavy (non-hydrogen) atoms. The summed E-state index contributed by atoms with van der Waals surface area (Å²) in [6, 6.07) is 2.03. The molecule has 1 aromatic heterocycles. The summed E-state index contributed by atoms with van der Waals surface area (Å²) in [5.41, 5.74) is 1.20. The van der Waals surface area contributed by atoms with Gasteiger partial charge in [0, 0.05) is 6.54 Å². The van der Waals surface area contributed by atoms with Crippen molar-refractivity contribution in [3.63, 3.8) is 0 Å². The maximum Gasteiger partial charge on any atom is 0.307 e. The van der Waals surface area contributed by atoms with Crippen molar-refractivity contribution < 1.29 is 14.7 Å². The molecule has 5 heteroatoms. The molecule has 1 aromatic rings. The summed E-state index contributed by atoms with van der Waals surface area (Å²) in [5.74, 6) is -2.06. The summed E-state index contributed by atoms with van der Waals surface area (Å²) >= 11 is 1.63. The number of amides is 1. The van der Waals surface area contributed by atoms with E-state index in [1.165, 1.54) is 5.56 Å². The molecule has 0 radical (unpaired) electrons. The minimum absolute atomic E-state index is 0.146. The number of carboxylic acids is 1. The molecular formula is C14H17NO3S. The smallest absolute Gasteiger partial charge is 0.307 e. The molecular weight excluding hydrogens is 262 g/mol. The Labute approximate surface area is 116 Å². The minimum atomic E-state index is -0.887. The maximum absolute atomic E-state index is 12.0. The number of aliphatic carboxylic acids is 1. The van der Waals surface area contributed by atoms with Gasteiger partial charge in [-0.1, -0.05) is 12.2 Å². The van der Waals surface area contributed by atoms with Gasteiger partial charge in [0.25, 0.3) is 0 Å². The van der Waals surface area contributed by atoms with Gasteiger partial charge in [-0.25, -0.2) is 0 Å². The second-order valence-corrected chi connectivity index (χ2v) is 5.45. The van der Waals surface area contributed by atoms with E-state index in [9.17, 15) is 9.59 Å². The van der Waals surface area contributed by atoms with E-state index in [0.717, 1.165) is 6.42 Å². The number of hydrogen-bond donors (Lipinski definition) is 2. The summed E-state index contributed by atoms with van der Waals surface area (Å²) in [7, 11) is 0. The van der Waals surface area contributed by atoms with Crippen LogP contribution >= 0.6 is 11.3 Å². The largest absolute Gasteiger partial charge is 0.481 e. The van der Waals surface area contributed by atoms with Gasteiger partial charge in [0.1, 0.15) is 0 Å². The van der Waals surface area contributed by atoms with Crippen LogP contribution in [0.1, 0.15) is 18.4 Å². The SMILES string of the molecule is O=C(O)[C@H]1CC=CC[C@H]1C(=O)NCCc1ccsc1. The fraction of sp³-hybridized carbons (Fsp3) is 0.429. The third-order valence-corrected chi connectivity index (χ3v) is 4.11. The van der Waals surface area contributed by atoms with Gasteiger partial charge in [0.15, 0.2) is 0 Å². The van der Waals surface area contributed by atoms with Gasteiger partial charge >= 0.3 is 5.97 Å². The van der Waals surface area contributed by atoms with E-state index >= 15 is 0 Å². The Balaban J connectivity index is 1.84. The number of carboxylic acid groups (broad SMARTS) is 1. The van der Waals surface area contributed by atoms with Gasteiger partial charge in [-0.05, 0) is 41.7 Å². The molecule has 102 valence electrons. The van der Waals surface area contributed by atoms with E-state index in [2.05, 4.69) is 10.7 Å². The van der Waals surface area contributed by atoms with Crippen molar-refractivity contribution in [2.75, 3.05) is 6.54 Å². The second-order valence-electron chi connectivity index (χ2n) is 4.67. The van der Waals surface area contributed by atoms with Gasteiger partial charge in [-0.15, -0.1) is 0 Å². The molecule has 0 saturated heterocycles. The van der Waals surface area contributed by atoms with Crippen LogP contribution in [0.5, 0.6) is 0 Å². The van der Waals surface area contributed by atoms with Crippen LogP contribution < -0.4 is 5.32 Å². The highest BCUT2D eigenvalue weighted by Crippen LogP contribution is 2.25. The molecule has 0 bridgehead atoms. The van der Waals surface area contributed by atoms with E-state index in [0.29, 0.717) is 19.4 Å². The van der Waals surface area contributed by atoms with Crippen molar-refractivity contribution in [1.82, 2.24) is 5.32 Å². The number of allylic oxidation sites excluding steroid dienone is 2. The number of hydrogen-bond acceptors (Lipinski definition) is 3. The third kappa shape index (κ3) is 3.67. The third-order valence-electron chi connectivity index (χ3n) is 3.38. The number of rotatable bonds is 5. The molecule has 1 heterocycles. The highest BCUT2D eigenvalue weighted by molar-refractivity contribution is 7.07. The first-order valence-electron chi connectivity index (χ1n) is 6.35. The van der Waals surface area contributed by atoms with Crippen LogP contribution in [0.4, 0.5) is 0 Å². The van der Waals surface area contributed by atoms with Crippen LogP contribution in [0.15, 0.2) is 29.0 Å². The number of thiophene rings is 1. The number of carbonyl (C=O) groups is 2. The van der Waals surface area contributed by atoms with E-state index in [1.54, 1.807) is 11.3 Å². The monoisotopic (exact) mass is 279 g/mol. The fourth-order valence-electron chi connectivity index (χ4n) is 2.27. The second kappa shape index (κ2) is 6.52. The Morgan fingerprint density at radius 3 is 2.68 bits per heavy atom. The first-order chi connectivity index (χ1) is 9.18. The molecule has 0 spiro atoms. The number of carbonyl (C=O) groups excluding carboxylic acids is 1. The van der Waals surface area contributed by atoms with Crippen molar-refractivity contribution in [3.05, 3.63) is 34.5 Å². The van der Waals surface area contributed by atoms with Gasteiger partial charge in [0.05, 0.1) is 11.8 Å². The average molecular weight is 279 g/mol. The summed E-state index contributed by atoms with van der Waals surface area (Å²) in [6.07, 6.45) is 5.48. The lowest BCUT2D eigenvalue weighted by Crippen LogP contribution is -2.39. The van der Waals surface area contributed by atoms with Crippen molar-refractivity contribution >= 4 is 23.2 Å². The molecule has 0 aromatic carbocycles. The van der Waals surface area contributed by atoms with E-state index in [-0.39, 0.29) is 5.91 Å². The quantitative estimate of drug-likeness (QED) is 0.811. The zero-order chi connectivity index (χ0) is 13.7. The molecule has 1 amide bonds. The zero-order valence-corrected chi connectivity index (χ0v) is 11.4. The van der Waals surface area contributed by atoms with E-state index in [1.807, 2.05) is 23.6 Å². The molecule has 4 nitrogen and oxygen atoms in total. The topological polar surface area (TPSA) is 66.4 Å². The predicted molar refractivity (Wildman–Crippen MR) is 74.0 cm³/mol. The Bertz CT molecular complexity index is 467. The maximum atomic E-state index is 12.0. The van der Waals surface area contributed by atoms with Crippen LogP contribution in [-0.2, 0) is 16.0 Å². The molecule has 0 aliphatic heterocycles. The number of nitrogens with one attached hydrogen (secondary N) is 1.